The fourth-order valence-electron chi connectivity index (χ4n) is 2.41. The molecule has 0 bridgehead atoms. The number of alkyl halides is 3. The van der Waals surface area contributed by atoms with Crippen molar-refractivity contribution in [1.82, 2.24) is 24.3 Å². The Morgan fingerprint density at radius 1 is 1.25 bits per heavy atom. The van der Waals surface area contributed by atoms with Crippen LogP contribution in [0.15, 0.2) is 29.7 Å². The van der Waals surface area contributed by atoms with Crippen LogP contribution in [-0.4, -0.2) is 24.3 Å². The first kappa shape index (κ1) is 16.8. The number of aromatic nitrogens is 5. The Balaban J connectivity index is 1.97. The van der Waals surface area contributed by atoms with Crippen LogP contribution in [0.3, 0.4) is 0 Å². The average molecular weight is 355 g/mol. The number of aryl methyl sites for hydroxylation is 2. The number of hydrogen-bond acceptors (Lipinski definition) is 4. The van der Waals surface area contributed by atoms with E-state index in [4.69, 9.17) is 0 Å². The number of hydrogen-bond donors (Lipinski definition) is 0. The van der Waals surface area contributed by atoms with Gasteiger partial charge in [-0.1, -0.05) is 18.7 Å². The third-order valence-electron chi connectivity index (χ3n) is 3.62. The van der Waals surface area contributed by atoms with E-state index in [1.54, 1.807) is 11.7 Å². The highest BCUT2D eigenvalue weighted by molar-refractivity contribution is 7.98. The number of thioether (sulfide) groups is 1. The second kappa shape index (κ2) is 6.46. The minimum atomic E-state index is -4.36. The number of nitrogens with zero attached hydrogens (tertiary/aromatic N) is 5. The van der Waals surface area contributed by atoms with E-state index in [0.29, 0.717) is 28.5 Å². The molecule has 0 saturated carbocycles. The van der Waals surface area contributed by atoms with E-state index in [2.05, 4.69) is 15.1 Å². The van der Waals surface area contributed by atoms with Crippen molar-refractivity contribution in [2.24, 2.45) is 7.05 Å². The molecule has 0 aliphatic carbocycles. The standard InChI is InChI=1S/C15H16F3N5S/c1-3-6-23-12-7-10(15(16,17)18)4-5-11(12)21-14(23)24-8-13-19-9-20-22(13)2/h4-5,7,9H,3,6,8H2,1-2H3. The van der Waals surface area contributed by atoms with Crippen LogP contribution in [0, 0.1) is 0 Å². The van der Waals surface area contributed by atoms with Gasteiger partial charge in [0.25, 0.3) is 0 Å². The van der Waals surface area contributed by atoms with E-state index in [-0.39, 0.29) is 0 Å². The molecule has 0 radical (unpaired) electrons. The molecule has 5 nitrogen and oxygen atoms in total. The van der Waals surface area contributed by atoms with Gasteiger partial charge in [-0.05, 0) is 24.6 Å². The second-order valence-corrected chi connectivity index (χ2v) is 6.28. The summed E-state index contributed by atoms with van der Waals surface area (Å²) in [6.45, 7) is 2.59. The van der Waals surface area contributed by atoms with Gasteiger partial charge in [-0.25, -0.2) is 9.97 Å². The van der Waals surface area contributed by atoms with Gasteiger partial charge in [-0.15, -0.1) is 0 Å². The molecule has 9 heteroatoms. The topological polar surface area (TPSA) is 48.5 Å². The van der Waals surface area contributed by atoms with E-state index >= 15 is 0 Å². The summed E-state index contributed by atoms with van der Waals surface area (Å²) in [7, 11) is 1.80. The molecule has 0 aliphatic rings. The molecular formula is C15H16F3N5S. The smallest absolute Gasteiger partial charge is 0.319 e. The second-order valence-electron chi connectivity index (χ2n) is 5.34. The van der Waals surface area contributed by atoms with Gasteiger partial charge in [-0.3, -0.25) is 4.68 Å². The lowest BCUT2D eigenvalue weighted by molar-refractivity contribution is -0.137. The van der Waals surface area contributed by atoms with Crippen LogP contribution in [0.25, 0.3) is 11.0 Å². The predicted molar refractivity (Wildman–Crippen MR) is 85.6 cm³/mol. The van der Waals surface area contributed by atoms with E-state index in [1.807, 2.05) is 11.5 Å². The summed E-state index contributed by atoms with van der Waals surface area (Å²) < 4.78 is 42.4. The Labute approximate surface area is 140 Å². The van der Waals surface area contributed by atoms with Gasteiger partial charge in [0.15, 0.2) is 5.16 Å². The summed E-state index contributed by atoms with van der Waals surface area (Å²) in [5.74, 6) is 1.33. The van der Waals surface area contributed by atoms with Crippen LogP contribution in [0.1, 0.15) is 24.7 Å². The SMILES string of the molecule is CCCn1c(SCc2ncnn2C)nc2ccc(C(F)(F)F)cc21. The van der Waals surface area contributed by atoms with Crippen LogP contribution < -0.4 is 0 Å². The third kappa shape index (κ3) is 3.26. The first-order valence-electron chi connectivity index (χ1n) is 7.43. The maximum absolute atomic E-state index is 13.0. The highest BCUT2D eigenvalue weighted by atomic mass is 32.2. The molecule has 2 aromatic heterocycles. The summed E-state index contributed by atoms with van der Waals surface area (Å²) >= 11 is 1.45. The van der Waals surface area contributed by atoms with E-state index < -0.39 is 11.7 Å². The molecule has 3 rings (SSSR count). The number of imidazole rings is 1. The molecule has 2 heterocycles. The van der Waals surface area contributed by atoms with Crippen molar-refractivity contribution in [3.05, 3.63) is 35.9 Å². The Morgan fingerprint density at radius 3 is 2.67 bits per heavy atom. The monoisotopic (exact) mass is 355 g/mol. The Hall–Kier alpha value is -2.03. The van der Waals surface area contributed by atoms with Crippen molar-refractivity contribution in [1.29, 1.82) is 0 Å². The molecule has 0 spiro atoms. The molecular weight excluding hydrogens is 339 g/mol. The molecule has 0 N–H and O–H groups in total. The molecule has 1 aromatic carbocycles. The van der Waals surface area contributed by atoms with Crippen LogP contribution >= 0.6 is 11.8 Å². The molecule has 0 unspecified atom stereocenters. The molecule has 0 saturated heterocycles. The normalized spacial score (nSPS) is 12.2. The summed E-state index contributed by atoms with van der Waals surface area (Å²) in [6.07, 6.45) is -2.08. The van der Waals surface area contributed by atoms with Gasteiger partial charge in [0.1, 0.15) is 12.2 Å². The highest BCUT2D eigenvalue weighted by Crippen LogP contribution is 2.33. The number of halogens is 3. The van der Waals surface area contributed by atoms with Gasteiger partial charge in [0.2, 0.25) is 0 Å². The van der Waals surface area contributed by atoms with E-state index in [9.17, 15) is 13.2 Å². The largest absolute Gasteiger partial charge is 0.416 e. The molecule has 24 heavy (non-hydrogen) atoms. The molecule has 0 amide bonds. The van der Waals surface area contributed by atoms with Gasteiger partial charge >= 0.3 is 6.18 Å². The highest BCUT2D eigenvalue weighted by Gasteiger charge is 2.31. The number of rotatable bonds is 5. The summed E-state index contributed by atoms with van der Waals surface area (Å²) in [5.41, 5.74) is 0.418. The fourth-order valence-corrected chi connectivity index (χ4v) is 3.43. The Morgan fingerprint density at radius 2 is 2.04 bits per heavy atom. The zero-order chi connectivity index (χ0) is 17.3. The third-order valence-corrected chi connectivity index (χ3v) is 4.60. The summed E-state index contributed by atoms with van der Waals surface area (Å²) in [4.78, 5) is 8.64. The summed E-state index contributed by atoms with van der Waals surface area (Å²) in [6, 6.07) is 3.67. The Bertz CT molecular complexity index is 853. The van der Waals surface area contributed by atoms with Crippen molar-refractivity contribution >= 4 is 22.8 Å². The first-order chi connectivity index (χ1) is 11.4. The molecule has 0 atom stereocenters. The lowest BCUT2D eigenvalue weighted by Gasteiger charge is -2.09. The van der Waals surface area contributed by atoms with Crippen LogP contribution in [-0.2, 0) is 25.5 Å². The van der Waals surface area contributed by atoms with Gasteiger partial charge in [0.05, 0.1) is 22.3 Å². The van der Waals surface area contributed by atoms with Crippen molar-refractivity contribution < 1.29 is 13.2 Å². The first-order valence-corrected chi connectivity index (χ1v) is 8.42. The van der Waals surface area contributed by atoms with Crippen molar-refractivity contribution in [3.63, 3.8) is 0 Å². The Kier molecular flexibility index (Phi) is 4.53. The average Bonchev–Trinajstić information content (AvgIpc) is 3.08. The van der Waals surface area contributed by atoms with Crippen LogP contribution in [0.2, 0.25) is 0 Å². The van der Waals surface area contributed by atoms with Gasteiger partial charge in [0, 0.05) is 13.6 Å². The van der Waals surface area contributed by atoms with Gasteiger partial charge < -0.3 is 4.57 Å². The van der Waals surface area contributed by atoms with Gasteiger partial charge in [-0.2, -0.15) is 18.3 Å². The quantitative estimate of drug-likeness (QED) is 0.652. The maximum Gasteiger partial charge on any atom is 0.416 e. The minimum Gasteiger partial charge on any atom is -0.319 e. The molecule has 0 aliphatic heterocycles. The zero-order valence-electron chi connectivity index (χ0n) is 13.2. The molecule has 128 valence electrons. The number of fused-ring (bicyclic) bond motifs is 1. The van der Waals surface area contributed by atoms with Crippen LogP contribution in [0.5, 0.6) is 0 Å². The fraction of sp³-hybridized carbons (Fsp3) is 0.400. The number of benzene rings is 1. The van der Waals surface area contributed by atoms with E-state index in [0.717, 1.165) is 18.3 Å². The molecule has 0 fully saturated rings. The molecule has 3 aromatic rings. The maximum atomic E-state index is 13.0. The van der Waals surface area contributed by atoms with Crippen molar-refractivity contribution in [2.45, 2.75) is 37.0 Å². The zero-order valence-corrected chi connectivity index (χ0v) is 14.0. The van der Waals surface area contributed by atoms with Crippen molar-refractivity contribution in [3.8, 4) is 0 Å². The lowest BCUT2D eigenvalue weighted by Crippen LogP contribution is -2.05. The minimum absolute atomic E-state index is 0.507. The lowest BCUT2D eigenvalue weighted by atomic mass is 10.2. The summed E-state index contributed by atoms with van der Waals surface area (Å²) in [5, 5.41) is 4.70. The van der Waals surface area contributed by atoms with Crippen LogP contribution in [0.4, 0.5) is 13.2 Å². The van der Waals surface area contributed by atoms with E-state index in [1.165, 1.54) is 30.2 Å². The predicted octanol–water partition coefficient (Wildman–Crippen LogP) is 3.89. The van der Waals surface area contributed by atoms with Crippen molar-refractivity contribution in [2.75, 3.05) is 0 Å².